The lowest BCUT2D eigenvalue weighted by Gasteiger charge is -2.36. The highest BCUT2D eigenvalue weighted by molar-refractivity contribution is 14.1. The van der Waals surface area contributed by atoms with Gasteiger partial charge >= 0.3 is 0 Å². The fourth-order valence-corrected chi connectivity index (χ4v) is 6.78. The SMILES string of the molecule is C=C/C=C1/C2=C(CCC=C2)C(C)(C)C1CCC1C=CC2CC(I)C=CC2C1. The van der Waals surface area contributed by atoms with Crippen molar-refractivity contribution in [3.8, 4) is 0 Å². The van der Waals surface area contributed by atoms with Crippen LogP contribution in [0.25, 0.3) is 0 Å². The first-order valence-electron chi connectivity index (χ1n) is 10.7. The van der Waals surface area contributed by atoms with Gasteiger partial charge in [-0.05, 0) is 78.8 Å². The minimum Gasteiger partial charge on any atom is -0.0991 e. The normalized spacial score (nSPS) is 38.2. The molecule has 0 aromatic rings. The van der Waals surface area contributed by atoms with E-state index in [0.29, 0.717) is 5.92 Å². The molecule has 0 N–H and O–H groups in total. The van der Waals surface area contributed by atoms with Crippen molar-refractivity contribution in [3.63, 3.8) is 0 Å². The maximum Gasteiger partial charge on any atom is 0.0295 e. The minimum atomic E-state index is 0.287. The van der Waals surface area contributed by atoms with Crippen molar-refractivity contribution in [1.82, 2.24) is 0 Å². The Morgan fingerprint density at radius 3 is 2.70 bits per heavy atom. The second kappa shape index (κ2) is 7.89. The standard InChI is InChI=1S/C26H33I/c1-4-7-22-23-8-5-6-9-24(23)26(2,3)25(22)15-11-18-10-12-20-17-21(27)14-13-19(20)16-18/h4-5,7-8,10,12-14,18-21,25H,1,6,9,11,15-17H2,2-3H3/b22-7-. The van der Waals surface area contributed by atoms with Gasteiger partial charge in [0.1, 0.15) is 0 Å². The van der Waals surface area contributed by atoms with Crippen molar-refractivity contribution in [3.05, 3.63) is 71.9 Å². The lowest BCUT2D eigenvalue weighted by Crippen LogP contribution is -2.26. The molecule has 0 fully saturated rings. The van der Waals surface area contributed by atoms with E-state index < -0.39 is 0 Å². The van der Waals surface area contributed by atoms with Gasteiger partial charge in [-0.25, -0.2) is 0 Å². The maximum atomic E-state index is 4.00. The largest absolute Gasteiger partial charge is 0.0991 e. The van der Waals surface area contributed by atoms with Gasteiger partial charge in [-0.3, -0.25) is 0 Å². The van der Waals surface area contributed by atoms with Crippen LogP contribution in [0.2, 0.25) is 0 Å². The van der Waals surface area contributed by atoms with Gasteiger partial charge in [-0.15, -0.1) is 0 Å². The molecule has 5 unspecified atom stereocenters. The summed E-state index contributed by atoms with van der Waals surface area (Å²) >= 11 is 2.58. The smallest absolute Gasteiger partial charge is 0.0295 e. The summed E-state index contributed by atoms with van der Waals surface area (Å²) in [5, 5.41) is 0. The molecule has 144 valence electrons. The Balaban J connectivity index is 1.47. The molecule has 0 amide bonds. The number of halogens is 1. The molecule has 0 spiro atoms. The Morgan fingerprint density at radius 2 is 1.89 bits per heavy atom. The third-order valence-electron chi connectivity index (χ3n) is 7.45. The van der Waals surface area contributed by atoms with Crippen LogP contribution >= 0.6 is 22.6 Å². The van der Waals surface area contributed by atoms with Crippen LogP contribution in [-0.2, 0) is 0 Å². The molecule has 0 radical (unpaired) electrons. The fourth-order valence-electron chi connectivity index (χ4n) is 5.96. The van der Waals surface area contributed by atoms with Crippen LogP contribution in [0.1, 0.15) is 52.4 Å². The van der Waals surface area contributed by atoms with Crippen molar-refractivity contribution in [2.75, 3.05) is 0 Å². The molecule has 4 rings (SSSR count). The summed E-state index contributed by atoms with van der Waals surface area (Å²) in [5.41, 5.74) is 5.04. The Morgan fingerprint density at radius 1 is 1.11 bits per heavy atom. The van der Waals surface area contributed by atoms with Gasteiger partial charge in [-0.2, -0.15) is 0 Å². The highest BCUT2D eigenvalue weighted by Gasteiger charge is 2.43. The lowest BCUT2D eigenvalue weighted by molar-refractivity contribution is 0.269. The number of hydrogen-bond acceptors (Lipinski definition) is 0. The fraction of sp³-hybridized carbons (Fsp3) is 0.538. The summed E-state index contributed by atoms with van der Waals surface area (Å²) in [7, 11) is 0. The quantitative estimate of drug-likeness (QED) is 0.223. The Hall–Kier alpha value is -0.830. The van der Waals surface area contributed by atoms with Crippen molar-refractivity contribution in [2.45, 2.75) is 56.3 Å². The first-order chi connectivity index (χ1) is 13.0. The molecular formula is C26H33I. The number of hydrogen-bond donors (Lipinski definition) is 0. The molecule has 0 bridgehead atoms. The second-order valence-electron chi connectivity index (χ2n) is 9.39. The van der Waals surface area contributed by atoms with Gasteiger partial charge in [0.05, 0.1) is 0 Å². The van der Waals surface area contributed by atoms with Crippen LogP contribution in [-0.4, -0.2) is 3.92 Å². The van der Waals surface area contributed by atoms with Crippen LogP contribution in [0.15, 0.2) is 71.9 Å². The molecule has 4 aliphatic rings. The van der Waals surface area contributed by atoms with Crippen molar-refractivity contribution >= 4 is 22.6 Å². The van der Waals surface area contributed by atoms with Crippen LogP contribution < -0.4 is 0 Å². The van der Waals surface area contributed by atoms with E-state index in [1.165, 1.54) is 44.1 Å². The highest BCUT2D eigenvalue weighted by atomic mass is 127. The number of rotatable bonds is 4. The molecule has 0 heterocycles. The Labute approximate surface area is 179 Å². The third kappa shape index (κ3) is 3.73. The number of fused-ring (bicyclic) bond motifs is 1. The topological polar surface area (TPSA) is 0 Å². The van der Waals surface area contributed by atoms with E-state index in [4.69, 9.17) is 0 Å². The van der Waals surface area contributed by atoms with E-state index in [2.05, 4.69) is 85.5 Å². The second-order valence-corrected chi connectivity index (χ2v) is 11.0. The van der Waals surface area contributed by atoms with E-state index in [9.17, 15) is 0 Å². The molecule has 0 saturated heterocycles. The zero-order valence-electron chi connectivity index (χ0n) is 16.8. The van der Waals surface area contributed by atoms with Gasteiger partial charge in [0, 0.05) is 3.92 Å². The van der Waals surface area contributed by atoms with E-state index in [-0.39, 0.29) is 5.41 Å². The maximum absolute atomic E-state index is 4.00. The Kier molecular flexibility index (Phi) is 5.69. The van der Waals surface area contributed by atoms with Crippen LogP contribution in [0, 0.1) is 29.1 Å². The lowest BCUT2D eigenvalue weighted by atomic mass is 9.69. The molecule has 4 aliphatic carbocycles. The molecule has 5 atom stereocenters. The van der Waals surface area contributed by atoms with Crippen LogP contribution in [0.4, 0.5) is 0 Å². The summed E-state index contributed by atoms with van der Waals surface area (Å²) in [6.07, 6.45) is 26.8. The summed E-state index contributed by atoms with van der Waals surface area (Å²) in [6, 6.07) is 0. The highest BCUT2D eigenvalue weighted by Crippen LogP contribution is 2.55. The van der Waals surface area contributed by atoms with Crippen LogP contribution in [0.5, 0.6) is 0 Å². The van der Waals surface area contributed by atoms with Gasteiger partial charge in [0.25, 0.3) is 0 Å². The molecule has 1 heteroatoms. The first-order valence-corrected chi connectivity index (χ1v) is 12.0. The van der Waals surface area contributed by atoms with Gasteiger partial charge in [0.2, 0.25) is 0 Å². The zero-order valence-corrected chi connectivity index (χ0v) is 19.0. The predicted octanol–water partition coefficient (Wildman–Crippen LogP) is 7.75. The molecule has 0 saturated carbocycles. The van der Waals surface area contributed by atoms with E-state index in [1.54, 1.807) is 11.1 Å². The van der Waals surface area contributed by atoms with Crippen molar-refractivity contribution in [2.24, 2.45) is 29.1 Å². The van der Waals surface area contributed by atoms with Crippen molar-refractivity contribution in [1.29, 1.82) is 0 Å². The average Bonchev–Trinajstić information content (AvgIpc) is 2.87. The van der Waals surface area contributed by atoms with E-state index >= 15 is 0 Å². The zero-order chi connectivity index (χ0) is 19.0. The molecular weight excluding hydrogens is 439 g/mol. The molecule has 0 aliphatic heterocycles. The van der Waals surface area contributed by atoms with Gasteiger partial charge < -0.3 is 0 Å². The minimum absolute atomic E-state index is 0.287. The van der Waals surface area contributed by atoms with E-state index in [0.717, 1.165) is 21.7 Å². The average molecular weight is 472 g/mol. The first kappa shape index (κ1) is 19.5. The molecule has 0 nitrogen and oxygen atoms in total. The van der Waals surface area contributed by atoms with Crippen molar-refractivity contribution < 1.29 is 0 Å². The summed E-state index contributed by atoms with van der Waals surface area (Å²) in [4.78, 5) is 0. The third-order valence-corrected chi connectivity index (χ3v) is 8.37. The number of alkyl halides is 1. The van der Waals surface area contributed by atoms with Crippen LogP contribution in [0.3, 0.4) is 0 Å². The predicted molar refractivity (Wildman–Crippen MR) is 126 cm³/mol. The number of allylic oxidation sites excluding steroid dienone is 11. The van der Waals surface area contributed by atoms with E-state index in [1.807, 2.05) is 6.08 Å². The summed E-state index contributed by atoms with van der Waals surface area (Å²) in [5.74, 6) is 2.94. The molecule has 27 heavy (non-hydrogen) atoms. The van der Waals surface area contributed by atoms with Gasteiger partial charge in [-0.1, -0.05) is 97.2 Å². The molecule has 0 aromatic heterocycles. The monoisotopic (exact) mass is 472 g/mol. The molecule has 0 aromatic carbocycles. The Bertz CT molecular complexity index is 742. The summed E-state index contributed by atoms with van der Waals surface area (Å²) < 4.78 is 0.724. The summed E-state index contributed by atoms with van der Waals surface area (Å²) in [6.45, 7) is 8.96. The van der Waals surface area contributed by atoms with Gasteiger partial charge in [0.15, 0.2) is 0 Å².